The zero-order valence-corrected chi connectivity index (χ0v) is 21.9. The van der Waals surface area contributed by atoms with Crippen molar-refractivity contribution in [2.24, 2.45) is 0 Å². The third kappa shape index (κ3) is 9.42. The number of alkyl carbamates (subject to hydrolysis) is 1. The van der Waals surface area contributed by atoms with Crippen LogP contribution >= 0.6 is 0 Å². The van der Waals surface area contributed by atoms with Gasteiger partial charge in [0, 0.05) is 12.6 Å². The Bertz CT molecular complexity index is 845. The van der Waals surface area contributed by atoms with Crippen LogP contribution in [-0.2, 0) is 14.3 Å². The van der Waals surface area contributed by atoms with Crippen molar-refractivity contribution in [1.29, 1.82) is 0 Å². The Kier molecular flexibility index (Phi) is 10.9. The lowest BCUT2D eigenvalue weighted by Crippen LogP contribution is -2.53. The van der Waals surface area contributed by atoms with Crippen LogP contribution in [0.4, 0.5) is 4.79 Å². The molecule has 2 atom stereocenters. The second-order valence-corrected chi connectivity index (χ2v) is 10.4. The van der Waals surface area contributed by atoms with Crippen molar-refractivity contribution in [3.05, 3.63) is 29.8 Å². The van der Waals surface area contributed by atoms with Gasteiger partial charge in [-0.1, -0.05) is 51.2 Å². The minimum atomic E-state index is -0.920. The predicted molar refractivity (Wildman–Crippen MR) is 136 cm³/mol. The second-order valence-electron chi connectivity index (χ2n) is 10.4. The SMILES string of the molecule is CCCCCN(C(=O)C(C)NC(=O)OC(C)(C)C)C(C(=O)NC1CCCCC1)c1cccc(O)c1. The molecule has 1 saturated carbocycles. The summed E-state index contributed by atoms with van der Waals surface area (Å²) in [4.78, 5) is 41.1. The molecule has 3 amide bonds. The minimum absolute atomic E-state index is 0.0267. The van der Waals surface area contributed by atoms with Crippen LogP contribution in [-0.4, -0.2) is 52.1 Å². The van der Waals surface area contributed by atoms with Crippen LogP contribution < -0.4 is 10.6 Å². The first-order chi connectivity index (χ1) is 16.5. The summed E-state index contributed by atoms with van der Waals surface area (Å²) in [6, 6.07) is 4.73. The van der Waals surface area contributed by atoms with E-state index in [1.807, 2.05) is 0 Å². The second kappa shape index (κ2) is 13.4. The van der Waals surface area contributed by atoms with E-state index in [0.29, 0.717) is 18.5 Å². The monoisotopic (exact) mass is 489 g/mol. The first kappa shape index (κ1) is 28.5. The molecule has 2 unspecified atom stereocenters. The van der Waals surface area contributed by atoms with Crippen LogP contribution in [0.1, 0.15) is 97.6 Å². The van der Waals surface area contributed by atoms with E-state index in [9.17, 15) is 19.5 Å². The summed E-state index contributed by atoms with van der Waals surface area (Å²) in [5.41, 5.74) is -0.162. The number of aromatic hydroxyl groups is 1. The average molecular weight is 490 g/mol. The minimum Gasteiger partial charge on any atom is -0.508 e. The molecule has 1 aliphatic carbocycles. The van der Waals surface area contributed by atoms with E-state index >= 15 is 0 Å². The normalized spacial score (nSPS) is 16.1. The van der Waals surface area contributed by atoms with E-state index in [0.717, 1.165) is 44.9 Å². The smallest absolute Gasteiger partial charge is 0.408 e. The van der Waals surface area contributed by atoms with E-state index < -0.39 is 23.8 Å². The fourth-order valence-electron chi connectivity index (χ4n) is 4.39. The molecule has 1 aromatic rings. The van der Waals surface area contributed by atoms with Crippen LogP contribution in [0.3, 0.4) is 0 Å². The van der Waals surface area contributed by atoms with Crippen molar-refractivity contribution >= 4 is 17.9 Å². The standard InChI is InChI=1S/C27H43N3O5/c1-6-7-11-17-30(25(33)19(2)28-26(34)35-27(3,4)5)23(20-13-12-16-22(31)18-20)24(32)29-21-14-9-8-10-15-21/h12-13,16,18-19,21,23,31H,6-11,14-15,17H2,1-5H3,(H,28,34)(H,29,32). The van der Waals surface area contributed by atoms with Gasteiger partial charge in [-0.25, -0.2) is 4.79 Å². The van der Waals surface area contributed by atoms with Crippen LogP contribution in [0, 0.1) is 0 Å². The number of benzene rings is 1. The Morgan fingerprint density at radius 3 is 2.43 bits per heavy atom. The number of phenols is 1. The van der Waals surface area contributed by atoms with Crippen molar-refractivity contribution in [3.63, 3.8) is 0 Å². The van der Waals surface area contributed by atoms with Crippen molar-refractivity contribution in [2.45, 2.75) is 110 Å². The molecule has 0 aliphatic heterocycles. The van der Waals surface area contributed by atoms with E-state index in [2.05, 4.69) is 17.6 Å². The van der Waals surface area contributed by atoms with Gasteiger partial charge >= 0.3 is 6.09 Å². The first-order valence-electron chi connectivity index (χ1n) is 12.9. The maximum Gasteiger partial charge on any atom is 0.408 e. The lowest BCUT2D eigenvalue weighted by molar-refractivity contribution is -0.142. The van der Waals surface area contributed by atoms with Crippen molar-refractivity contribution < 1.29 is 24.2 Å². The number of hydrogen-bond acceptors (Lipinski definition) is 5. The molecule has 0 heterocycles. The van der Waals surface area contributed by atoms with Crippen LogP contribution in [0.5, 0.6) is 5.75 Å². The zero-order chi connectivity index (χ0) is 26.0. The van der Waals surface area contributed by atoms with E-state index in [4.69, 9.17) is 4.74 Å². The number of hydrogen-bond donors (Lipinski definition) is 3. The first-order valence-corrected chi connectivity index (χ1v) is 12.9. The summed E-state index contributed by atoms with van der Waals surface area (Å²) in [6.45, 7) is 9.28. The predicted octanol–water partition coefficient (Wildman–Crippen LogP) is 4.81. The van der Waals surface area contributed by atoms with Crippen molar-refractivity contribution in [1.82, 2.24) is 15.5 Å². The third-order valence-electron chi connectivity index (χ3n) is 6.09. The van der Waals surface area contributed by atoms with Gasteiger partial charge < -0.3 is 25.4 Å². The van der Waals surface area contributed by atoms with E-state index in [1.54, 1.807) is 39.8 Å². The number of rotatable bonds is 10. The molecule has 35 heavy (non-hydrogen) atoms. The van der Waals surface area contributed by atoms with Gasteiger partial charge in [0.05, 0.1) is 0 Å². The highest BCUT2D eigenvalue weighted by Gasteiger charge is 2.35. The largest absolute Gasteiger partial charge is 0.508 e. The number of unbranched alkanes of at least 4 members (excludes halogenated alkanes) is 2. The molecule has 3 N–H and O–H groups in total. The van der Waals surface area contributed by atoms with Crippen molar-refractivity contribution in [2.75, 3.05) is 6.54 Å². The summed E-state index contributed by atoms with van der Waals surface area (Å²) < 4.78 is 5.31. The maximum atomic E-state index is 13.6. The molecule has 0 saturated heterocycles. The van der Waals surface area contributed by atoms with Gasteiger partial charge in [0.15, 0.2) is 0 Å². The fraction of sp³-hybridized carbons (Fsp3) is 0.667. The highest BCUT2D eigenvalue weighted by molar-refractivity contribution is 5.92. The molecular weight excluding hydrogens is 446 g/mol. The third-order valence-corrected chi connectivity index (χ3v) is 6.09. The Morgan fingerprint density at radius 2 is 1.83 bits per heavy atom. The number of amides is 3. The Morgan fingerprint density at radius 1 is 1.14 bits per heavy atom. The van der Waals surface area contributed by atoms with E-state index in [-0.39, 0.29) is 23.6 Å². The summed E-state index contributed by atoms with van der Waals surface area (Å²) >= 11 is 0. The van der Waals surface area contributed by atoms with Gasteiger partial charge in [-0.15, -0.1) is 0 Å². The maximum absolute atomic E-state index is 13.6. The van der Waals surface area contributed by atoms with Gasteiger partial charge in [0.25, 0.3) is 0 Å². The van der Waals surface area contributed by atoms with Gasteiger partial charge in [0.1, 0.15) is 23.4 Å². The average Bonchev–Trinajstić information content (AvgIpc) is 2.77. The number of carbonyl (C=O) groups excluding carboxylic acids is 3. The molecule has 2 rings (SSSR count). The van der Waals surface area contributed by atoms with Gasteiger partial charge in [-0.05, 0) is 64.7 Å². The fourth-order valence-corrected chi connectivity index (χ4v) is 4.39. The molecule has 1 aliphatic rings. The zero-order valence-electron chi connectivity index (χ0n) is 21.9. The quantitative estimate of drug-likeness (QED) is 0.409. The van der Waals surface area contributed by atoms with E-state index in [1.165, 1.54) is 17.0 Å². The van der Waals surface area contributed by atoms with Gasteiger partial charge in [-0.2, -0.15) is 0 Å². The Hall–Kier alpha value is -2.77. The van der Waals surface area contributed by atoms with Crippen LogP contribution in [0.15, 0.2) is 24.3 Å². The molecule has 8 heteroatoms. The summed E-state index contributed by atoms with van der Waals surface area (Å²) in [5.74, 6) is -0.616. The topological polar surface area (TPSA) is 108 Å². The molecule has 8 nitrogen and oxygen atoms in total. The molecule has 0 bridgehead atoms. The number of ether oxygens (including phenoxy) is 1. The summed E-state index contributed by atoms with van der Waals surface area (Å²) in [7, 11) is 0. The van der Waals surface area contributed by atoms with Crippen LogP contribution in [0.2, 0.25) is 0 Å². The lowest BCUT2D eigenvalue weighted by atomic mass is 9.94. The number of nitrogens with one attached hydrogen (secondary N) is 2. The lowest BCUT2D eigenvalue weighted by Gasteiger charge is -2.35. The van der Waals surface area contributed by atoms with Gasteiger partial charge in [0.2, 0.25) is 11.8 Å². The molecular formula is C27H43N3O5. The molecule has 0 spiro atoms. The Balaban J connectivity index is 2.34. The number of carbonyl (C=O) groups is 3. The summed E-state index contributed by atoms with van der Waals surface area (Å²) in [6.07, 6.45) is 7.01. The van der Waals surface area contributed by atoms with Gasteiger partial charge in [-0.3, -0.25) is 9.59 Å². The molecule has 1 fully saturated rings. The molecule has 0 radical (unpaired) electrons. The molecule has 0 aromatic heterocycles. The highest BCUT2D eigenvalue weighted by atomic mass is 16.6. The Labute approximate surface area is 209 Å². The molecule has 196 valence electrons. The molecule has 1 aromatic carbocycles. The highest BCUT2D eigenvalue weighted by Crippen LogP contribution is 2.27. The number of nitrogens with zero attached hydrogens (tertiary/aromatic N) is 1. The number of phenolic OH excluding ortho intramolecular Hbond substituents is 1. The van der Waals surface area contributed by atoms with Crippen LogP contribution in [0.25, 0.3) is 0 Å². The van der Waals surface area contributed by atoms with Crippen molar-refractivity contribution in [3.8, 4) is 5.75 Å². The summed E-state index contributed by atoms with van der Waals surface area (Å²) in [5, 5.41) is 15.9.